The van der Waals surface area contributed by atoms with Crippen LogP contribution in [-0.4, -0.2) is 4.98 Å². The van der Waals surface area contributed by atoms with Crippen LogP contribution in [0, 0.1) is 0 Å². The highest BCUT2D eigenvalue weighted by molar-refractivity contribution is 6.30. The van der Waals surface area contributed by atoms with Gasteiger partial charge in [0, 0.05) is 12.3 Å². The van der Waals surface area contributed by atoms with E-state index in [1.807, 2.05) is 0 Å². The third-order valence-electron chi connectivity index (χ3n) is 2.25. The van der Waals surface area contributed by atoms with Gasteiger partial charge in [0.25, 0.3) is 0 Å². The van der Waals surface area contributed by atoms with Crippen LogP contribution in [0.2, 0.25) is 5.02 Å². The normalized spacial score (nSPS) is 11.4. The van der Waals surface area contributed by atoms with Crippen molar-refractivity contribution in [3.63, 3.8) is 0 Å². The quantitative estimate of drug-likeness (QED) is 0.845. The van der Waals surface area contributed by atoms with Crippen molar-refractivity contribution in [2.45, 2.75) is 6.18 Å². The maximum atomic E-state index is 12.8. The van der Waals surface area contributed by atoms with Crippen molar-refractivity contribution in [1.29, 1.82) is 0 Å². The number of hydrogen-bond donors (Lipinski definition) is 1. The van der Waals surface area contributed by atoms with Crippen molar-refractivity contribution in [3.8, 4) is 11.5 Å². The van der Waals surface area contributed by atoms with Gasteiger partial charge in [0.05, 0.1) is 16.9 Å². The Balaban J connectivity index is 2.45. The van der Waals surface area contributed by atoms with E-state index in [9.17, 15) is 13.2 Å². The number of aromatic nitrogens is 1. The number of rotatable bonds is 2. The zero-order valence-corrected chi connectivity index (χ0v) is 10.2. The SMILES string of the molecule is Nc1cccc(C(F)(F)F)c1Oc1cncc(Cl)c1. The number of alkyl halides is 3. The molecule has 0 amide bonds. The summed E-state index contributed by atoms with van der Waals surface area (Å²) in [7, 11) is 0. The number of benzene rings is 1. The van der Waals surface area contributed by atoms with Crippen LogP contribution in [0.3, 0.4) is 0 Å². The molecule has 7 heteroatoms. The molecule has 2 N–H and O–H groups in total. The summed E-state index contributed by atoms with van der Waals surface area (Å²) in [6.45, 7) is 0. The molecule has 0 saturated heterocycles. The highest BCUT2D eigenvalue weighted by Crippen LogP contribution is 2.41. The number of anilines is 1. The molecule has 2 aromatic rings. The van der Waals surface area contributed by atoms with Crippen LogP contribution < -0.4 is 10.5 Å². The van der Waals surface area contributed by atoms with E-state index < -0.39 is 17.5 Å². The van der Waals surface area contributed by atoms with Crippen molar-refractivity contribution in [2.24, 2.45) is 0 Å². The highest BCUT2D eigenvalue weighted by Gasteiger charge is 2.35. The lowest BCUT2D eigenvalue weighted by Gasteiger charge is -2.15. The van der Waals surface area contributed by atoms with Crippen molar-refractivity contribution >= 4 is 17.3 Å². The molecule has 19 heavy (non-hydrogen) atoms. The first kappa shape index (κ1) is 13.5. The summed E-state index contributed by atoms with van der Waals surface area (Å²) >= 11 is 5.68. The molecule has 3 nitrogen and oxygen atoms in total. The number of nitrogens with zero attached hydrogens (tertiary/aromatic N) is 1. The Morgan fingerprint density at radius 2 is 1.95 bits per heavy atom. The molecule has 2 rings (SSSR count). The van der Waals surface area contributed by atoms with Gasteiger partial charge in [0.1, 0.15) is 11.3 Å². The number of nitrogens with two attached hydrogens (primary N) is 1. The second kappa shape index (κ2) is 4.97. The average Bonchev–Trinajstić information content (AvgIpc) is 2.30. The van der Waals surface area contributed by atoms with Crippen molar-refractivity contribution in [3.05, 3.63) is 47.2 Å². The summed E-state index contributed by atoms with van der Waals surface area (Å²) in [6.07, 6.45) is -1.97. The summed E-state index contributed by atoms with van der Waals surface area (Å²) in [5, 5.41) is 0.251. The van der Waals surface area contributed by atoms with E-state index in [2.05, 4.69) is 4.98 Å². The van der Waals surface area contributed by atoms with Crippen LogP contribution in [0.25, 0.3) is 0 Å². The number of para-hydroxylation sites is 1. The lowest BCUT2D eigenvalue weighted by atomic mass is 10.1. The first-order chi connectivity index (χ1) is 8.88. The fourth-order valence-corrected chi connectivity index (χ4v) is 1.62. The van der Waals surface area contributed by atoms with Gasteiger partial charge in [-0.25, -0.2) is 0 Å². The van der Waals surface area contributed by atoms with Crippen LogP contribution >= 0.6 is 11.6 Å². The van der Waals surface area contributed by atoms with E-state index in [1.54, 1.807) is 0 Å². The molecule has 0 saturated carbocycles. The summed E-state index contributed by atoms with van der Waals surface area (Å²) in [5.74, 6) is -0.380. The molecule has 1 aromatic heterocycles. The zero-order chi connectivity index (χ0) is 14.0. The van der Waals surface area contributed by atoms with Gasteiger partial charge in [-0.3, -0.25) is 4.98 Å². The van der Waals surface area contributed by atoms with Gasteiger partial charge >= 0.3 is 6.18 Å². The van der Waals surface area contributed by atoms with Crippen LogP contribution in [0.1, 0.15) is 5.56 Å². The Labute approximate surface area is 111 Å². The van der Waals surface area contributed by atoms with Gasteiger partial charge in [-0.15, -0.1) is 0 Å². The number of pyridine rings is 1. The summed E-state index contributed by atoms with van der Waals surface area (Å²) in [6, 6.07) is 4.77. The smallest absolute Gasteiger partial charge is 0.420 e. The Morgan fingerprint density at radius 1 is 1.21 bits per heavy atom. The maximum Gasteiger partial charge on any atom is 0.420 e. The Bertz CT molecular complexity index is 602. The van der Waals surface area contributed by atoms with Gasteiger partial charge in [-0.2, -0.15) is 13.2 Å². The van der Waals surface area contributed by atoms with Gasteiger partial charge in [-0.1, -0.05) is 17.7 Å². The standard InChI is InChI=1S/C12H8ClF3N2O/c13-7-4-8(6-18-5-7)19-11-9(12(14,15)16)2-1-3-10(11)17/h1-6H,17H2. The predicted molar refractivity (Wildman–Crippen MR) is 65.2 cm³/mol. The largest absolute Gasteiger partial charge is 0.453 e. The number of nitrogen functional groups attached to an aromatic ring is 1. The lowest BCUT2D eigenvalue weighted by molar-refractivity contribution is -0.138. The average molecular weight is 289 g/mol. The van der Waals surface area contributed by atoms with Crippen LogP contribution in [0.5, 0.6) is 11.5 Å². The monoisotopic (exact) mass is 288 g/mol. The van der Waals surface area contributed by atoms with E-state index in [1.165, 1.54) is 30.6 Å². The second-order valence-electron chi connectivity index (χ2n) is 3.66. The van der Waals surface area contributed by atoms with Crippen molar-refractivity contribution in [1.82, 2.24) is 4.98 Å². The third-order valence-corrected chi connectivity index (χ3v) is 2.46. The molecule has 0 fully saturated rings. The summed E-state index contributed by atoms with van der Waals surface area (Å²) in [4.78, 5) is 3.72. The summed E-state index contributed by atoms with van der Waals surface area (Å²) in [5.41, 5.74) is 4.46. The lowest BCUT2D eigenvalue weighted by Crippen LogP contribution is -2.08. The predicted octanol–water partition coefficient (Wildman–Crippen LogP) is 4.13. The first-order valence-electron chi connectivity index (χ1n) is 5.12. The van der Waals surface area contributed by atoms with E-state index in [4.69, 9.17) is 22.1 Å². The van der Waals surface area contributed by atoms with Gasteiger partial charge in [-0.05, 0) is 12.1 Å². The second-order valence-corrected chi connectivity index (χ2v) is 4.10. The zero-order valence-electron chi connectivity index (χ0n) is 9.41. The number of ether oxygens (including phenoxy) is 1. The van der Waals surface area contributed by atoms with E-state index in [0.29, 0.717) is 0 Å². The molecule has 1 heterocycles. The highest BCUT2D eigenvalue weighted by atomic mass is 35.5. The van der Waals surface area contributed by atoms with E-state index >= 15 is 0 Å². The van der Waals surface area contributed by atoms with E-state index in [0.717, 1.165) is 6.07 Å². The van der Waals surface area contributed by atoms with Crippen molar-refractivity contribution < 1.29 is 17.9 Å². The van der Waals surface area contributed by atoms with Crippen LogP contribution in [-0.2, 0) is 6.18 Å². The minimum atomic E-state index is -4.56. The molecule has 0 bridgehead atoms. The third kappa shape index (κ3) is 3.08. The number of halogens is 4. The fourth-order valence-electron chi connectivity index (χ4n) is 1.46. The summed E-state index contributed by atoms with van der Waals surface area (Å²) < 4.78 is 43.7. The Morgan fingerprint density at radius 3 is 2.58 bits per heavy atom. The topological polar surface area (TPSA) is 48.1 Å². The fraction of sp³-hybridized carbons (Fsp3) is 0.0833. The van der Waals surface area contributed by atoms with E-state index in [-0.39, 0.29) is 16.5 Å². The van der Waals surface area contributed by atoms with Crippen LogP contribution in [0.15, 0.2) is 36.7 Å². The molecule has 100 valence electrons. The minimum Gasteiger partial charge on any atom is -0.453 e. The molecule has 0 atom stereocenters. The molecular weight excluding hydrogens is 281 g/mol. The molecule has 0 aliphatic carbocycles. The van der Waals surface area contributed by atoms with Gasteiger partial charge in [0.15, 0.2) is 5.75 Å². The molecule has 0 unspecified atom stereocenters. The molecule has 1 aromatic carbocycles. The Kier molecular flexibility index (Phi) is 3.53. The van der Waals surface area contributed by atoms with Gasteiger partial charge in [0.2, 0.25) is 0 Å². The maximum absolute atomic E-state index is 12.8. The minimum absolute atomic E-state index is 0.0795. The molecule has 0 aliphatic rings. The Hall–Kier alpha value is -1.95. The molecular formula is C12H8ClF3N2O. The van der Waals surface area contributed by atoms with Crippen molar-refractivity contribution in [2.75, 3.05) is 5.73 Å². The molecule has 0 aliphatic heterocycles. The number of hydrogen-bond acceptors (Lipinski definition) is 3. The van der Waals surface area contributed by atoms with Crippen LogP contribution in [0.4, 0.5) is 18.9 Å². The molecule has 0 radical (unpaired) electrons. The first-order valence-corrected chi connectivity index (χ1v) is 5.50. The molecule has 0 spiro atoms. The van der Waals surface area contributed by atoms with Gasteiger partial charge < -0.3 is 10.5 Å².